The topological polar surface area (TPSA) is 255 Å². The van der Waals surface area contributed by atoms with E-state index in [4.69, 9.17) is 17.2 Å². The molecule has 14 nitrogen and oxygen atoms in total. The summed E-state index contributed by atoms with van der Waals surface area (Å²) < 4.78 is 0. The Morgan fingerprint density at radius 2 is 1.51 bits per heavy atom. The van der Waals surface area contributed by atoms with Crippen LogP contribution in [0.3, 0.4) is 0 Å². The molecule has 3 amide bonds. The maximum atomic E-state index is 13.2. The monoisotopic (exact) mass is 523 g/mol. The molecular weight excluding hydrogens is 486 g/mol. The first kappa shape index (κ1) is 31.1. The zero-order valence-corrected chi connectivity index (χ0v) is 20.9. The number of nitrogens with one attached hydrogen (secondary N) is 3. The number of hydrogen-bond donors (Lipinski definition) is 9. The number of aliphatic hydroxyl groups excluding tert-OH is 1. The second kappa shape index (κ2) is 15.3. The van der Waals surface area contributed by atoms with Crippen LogP contribution in [0.2, 0.25) is 0 Å². The molecule has 12 N–H and O–H groups in total. The Bertz CT molecular complexity index is 949. The number of aliphatic hydroxyl groups is 1. The molecule has 0 aliphatic carbocycles. The lowest BCUT2D eigenvalue weighted by atomic mass is 10.0. The molecule has 0 bridgehead atoms. The van der Waals surface area contributed by atoms with Crippen molar-refractivity contribution in [1.29, 1.82) is 0 Å². The Kier molecular flexibility index (Phi) is 12.8. The molecule has 0 fully saturated rings. The van der Waals surface area contributed by atoms with Gasteiger partial charge in [-0.15, -0.1) is 0 Å². The molecule has 1 aromatic carbocycles. The number of carboxylic acid groups (broad SMARTS) is 1. The molecule has 4 atom stereocenters. The van der Waals surface area contributed by atoms with Gasteiger partial charge in [-0.3, -0.25) is 19.4 Å². The van der Waals surface area contributed by atoms with Crippen molar-refractivity contribution in [3.05, 3.63) is 29.8 Å². The minimum Gasteiger partial charge on any atom is -0.508 e. The Morgan fingerprint density at radius 1 is 0.946 bits per heavy atom. The van der Waals surface area contributed by atoms with Crippen molar-refractivity contribution in [3.63, 3.8) is 0 Å². The quantitative estimate of drug-likeness (QED) is 0.0663. The first-order chi connectivity index (χ1) is 17.3. The normalized spacial score (nSPS) is 14.1. The Labute approximate surface area is 214 Å². The van der Waals surface area contributed by atoms with E-state index in [-0.39, 0.29) is 37.5 Å². The molecule has 4 unspecified atom stereocenters. The highest BCUT2D eigenvalue weighted by Gasteiger charge is 2.31. The summed E-state index contributed by atoms with van der Waals surface area (Å²) in [6, 6.07) is 1.06. The van der Waals surface area contributed by atoms with Gasteiger partial charge in [-0.2, -0.15) is 0 Å². The van der Waals surface area contributed by atoms with Crippen LogP contribution in [0.1, 0.15) is 32.3 Å². The number of phenolic OH excluding ortho intramolecular Hbond substituents is 1. The summed E-state index contributed by atoms with van der Waals surface area (Å²) in [7, 11) is 0. The number of aliphatic imine (C=N–C) groups is 1. The molecule has 14 heteroatoms. The molecule has 1 rings (SSSR count). The molecule has 0 heterocycles. The van der Waals surface area contributed by atoms with Crippen molar-refractivity contribution in [2.24, 2.45) is 28.1 Å². The summed E-state index contributed by atoms with van der Waals surface area (Å²) in [4.78, 5) is 53.9. The van der Waals surface area contributed by atoms with Crippen LogP contribution in [0.25, 0.3) is 0 Å². The lowest BCUT2D eigenvalue weighted by Crippen LogP contribution is -2.58. The average molecular weight is 524 g/mol. The average Bonchev–Trinajstić information content (AvgIpc) is 2.83. The number of benzene rings is 1. The van der Waals surface area contributed by atoms with Crippen molar-refractivity contribution >= 4 is 29.7 Å². The van der Waals surface area contributed by atoms with Crippen LogP contribution < -0.4 is 33.2 Å². The summed E-state index contributed by atoms with van der Waals surface area (Å²) >= 11 is 0. The van der Waals surface area contributed by atoms with E-state index in [0.717, 1.165) is 0 Å². The van der Waals surface area contributed by atoms with Gasteiger partial charge in [-0.05, 0) is 36.5 Å². The number of rotatable bonds is 15. The van der Waals surface area contributed by atoms with Crippen LogP contribution in [0, 0.1) is 5.92 Å². The first-order valence-electron chi connectivity index (χ1n) is 11.7. The third-order valence-electron chi connectivity index (χ3n) is 5.35. The fourth-order valence-electron chi connectivity index (χ4n) is 3.25. The van der Waals surface area contributed by atoms with E-state index in [1.807, 2.05) is 0 Å². The predicted octanol–water partition coefficient (Wildman–Crippen LogP) is -2.50. The highest BCUT2D eigenvalue weighted by molar-refractivity contribution is 5.94. The van der Waals surface area contributed by atoms with Gasteiger partial charge >= 0.3 is 5.97 Å². The smallest absolute Gasteiger partial charge is 0.326 e. The van der Waals surface area contributed by atoms with Crippen molar-refractivity contribution in [2.45, 2.75) is 57.3 Å². The molecule has 0 aromatic heterocycles. The number of carbonyl (C=O) groups excluding carboxylic acids is 3. The van der Waals surface area contributed by atoms with Gasteiger partial charge in [0.25, 0.3) is 0 Å². The van der Waals surface area contributed by atoms with E-state index in [2.05, 4.69) is 20.9 Å². The lowest BCUT2D eigenvalue weighted by Gasteiger charge is -2.26. The summed E-state index contributed by atoms with van der Waals surface area (Å²) in [6.45, 7) is 2.76. The van der Waals surface area contributed by atoms with Gasteiger partial charge < -0.3 is 48.5 Å². The van der Waals surface area contributed by atoms with Crippen molar-refractivity contribution in [1.82, 2.24) is 16.0 Å². The second-order valence-corrected chi connectivity index (χ2v) is 8.80. The van der Waals surface area contributed by atoms with Crippen LogP contribution in [0.4, 0.5) is 0 Å². The highest BCUT2D eigenvalue weighted by Crippen LogP contribution is 2.12. The van der Waals surface area contributed by atoms with Gasteiger partial charge in [0.15, 0.2) is 5.96 Å². The molecule has 0 saturated carbocycles. The summed E-state index contributed by atoms with van der Waals surface area (Å²) in [5.74, 6) is -4.07. The standard InChI is InChI=1S/C23H37N7O7/c1-12(2)18(22(36)37)30-20(34)16(4-3-9-27-23(25)26)28-21(35)17(29-19(33)15(24)11-31)10-13-5-7-14(32)8-6-13/h5-8,12,15-18,31-32H,3-4,9-11,24H2,1-2H3,(H,28,35)(H,29,33)(H,30,34)(H,36,37)(H4,25,26,27). The largest absolute Gasteiger partial charge is 0.508 e. The Balaban J connectivity index is 3.15. The van der Waals surface area contributed by atoms with Crippen LogP contribution in [0.5, 0.6) is 5.75 Å². The van der Waals surface area contributed by atoms with Crippen LogP contribution in [-0.2, 0) is 25.6 Å². The molecule has 0 aliphatic rings. The maximum Gasteiger partial charge on any atom is 0.326 e. The van der Waals surface area contributed by atoms with Crippen LogP contribution >= 0.6 is 0 Å². The molecular formula is C23H37N7O7. The molecule has 0 aliphatic heterocycles. The summed E-state index contributed by atoms with van der Waals surface area (Å²) in [6.07, 6.45) is 0.316. The number of phenols is 1. The number of nitrogens with two attached hydrogens (primary N) is 3. The van der Waals surface area contributed by atoms with E-state index < -0.39 is 60.4 Å². The number of guanidine groups is 1. The zero-order valence-electron chi connectivity index (χ0n) is 20.9. The number of hydrogen-bond acceptors (Lipinski definition) is 8. The van der Waals surface area contributed by atoms with Crippen molar-refractivity contribution in [2.75, 3.05) is 13.2 Å². The molecule has 206 valence electrons. The highest BCUT2D eigenvalue weighted by atomic mass is 16.4. The van der Waals surface area contributed by atoms with Gasteiger partial charge in [-0.1, -0.05) is 26.0 Å². The fraction of sp³-hybridized carbons (Fsp3) is 0.522. The van der Waals surface area contributed by atoms with Crippen LogP contribution in [0.15, 0.2) is 29.3 Å². The second-order valence-electron chi connectivity index (χ2n) is 8.80. The molecule has 0 saturated heterocycles. The summed E-state index contributed by atoms with van der Waals surface area (Å²) in [5.41, 5.74) is 16.8. The number of carboxylic acids is 1. The third kappa shape index (κ3) is 11.1. The maximum absolute atomic E-state index is 13.2. The van der Waals surface area contributed by atoms with E-state index in [1.54, 1.807) is 26.0 Å². The van der Waals surface area contributed by atoms with Crippen molar-refractivity contribution < 1.29 is 34.5 Å². The fourth-order valence-corrected chi connectivity index (χ4v) is 3.25. The predicted molar refractivity (Wildman–Crippen MR) is 135 cm³/mol. The number of carbonyl (C=O) groups is 4. The minimum absolute atomic E-state index is 0.00624. The van der Waals surface area contributed by atoms with E-state index in [1.165, 1.54) is 12.1 Å². The molecule has 37 heavy (non-hydrogen) atoms. The zero-order chi connectivity index (χ0) is 28.1. The number of amides is 3. The van der Waals surface area contributed by atoms with Gasteiger partial charge in [0.1, 0.15) is 29.9 Å². The van der Waals surface area contributed by atoms with Gasteiger partial charge in [0, 0.05) is 13.0 Å². The van der Waals surface area contributed by atoms with E-state index in [9.17, 15) is 34.5 Å². The van der Waals surface area contributed by atoms with E-state index >= 15 is 0 Å². The third-order valence-corrected chi connectivity index (χ3v) is 5.35. The van der Waals surface area contributed by atoms with Gasteiger partial charge in [-0.25, -0.2) is 4.79 Å². The molecule has 1 aromatic rings. The Morgan fingerprint density at radius 3 is 2.03 bits per heavy atom. The van der Waals surface area contributed by atoms with E-state index in [0.29, 0.717) is 5.56 Å². The van der Waals surface area contributed by atoms with Gasteiger partial charge in [0.05, 0.1) is 6.61 Å². The van der Waals surface area contributed by atoms with Crippen molar-refractivity contribution in [3.8, 4) is 5.75 Å². The summed E-state index contributed by atoms with van der Waals surface area (Å²) in [5, 5.41) is 35.6. The first-order valence-corrected chi connectivity index (χ1v) is 11.7. The van der Waals surface area contributed by atoms with Crippen LogP contribution in [-0.4, -0.2) is 82.3 Å². The molecule has 0 radical (unpaired) electrons. The minimum atomic E-state index is -1.28. The SMILES string of the molecule is CC(C)C(NC(=O)C(CCCN=C(N)N)NC(=O)C(Cc1ccc(O)cc1)NC(=O)C(N)CO)C(=O)O. The number of aromatic hydroxyl groups is 1. The Hall–Kier alpha value is -3.91. The number of nitrogens with zero attached hydrogens (tertiary/aromatic N) is 1. The number of aliphatic carboxylic acids is 1. The lowest BCUT2D eigenvalue weighted by molar-refractivity contribution is -0.143. The van der Waals surface area contributed by atoms with Gasteiger partial charge in [0.2, 0.25) is 17.7 Å². The molecule has 0 spiro atoms.